The highest BCUT2D eigenvalue weighted by atomic mass is 19.1. The van der Waals surface area contributed by atoms with Crippen LogP contribution in [-0.2, 0) is 4.84 Å². The molecule has 0 aliphatic rings. The molecule has 2 amide bonds. The third-order valence-electron chi connectivity index (χ3n) is 1.30. The van der Waals surface area contributed by atoms with Gasteiger partial charge < -0.3 is 5.32 Å². The highest BCUT2D eigenvalue weighted by Gasteiger charge is 1.99. The van der Waals surface area contributed by atoms with Crippen molar-refractivity contribution < 1.29 is 14.0 Å². The van der Waals surface area contributed by atoms with E-state index in [0.29, 0.717) is 5.69 Å². The second kappa shape index (κ2) is 4.42. The number of urea groups is 1. The number of benzene rings is 1. The predicted octanol–water partition coefficient (Wildman–Crippen LogP) is 1.51. The van der Waals surface area contributed by atoms with E-state index in [0.717, 1.165) is 0 Å². The summed E-state index contributed by atoms with van der Waals surface area (Å²) in [6.07, 6.45) is 0. The Balaban J connectivity index is 2.54. The largest absolute Gasteiger partial charge is 0.343 e. The maximum atomic E-state index is 12.4. The first kappa shape index (κ1) is 9.47. The van der Waals surface area contributed by atoms with Gasteiger partial charge >= 0.3 is 6.03 Å². The van der Waals surface area contributed by atoms with Gasteiger partial charge in [0, 0.05) is 5.69 Å². The average Bonchev–Trinajstić information content (AvgIpc) is 2.09. The Labute approximate surface area is 74.7 Å². The summed E-state index contributed by atoms with van der Waals surface area (Å²) >= 11 is 0. The first-order valence-electron chi connectivity index (χ1n) is 3.58. The molecular weight excluding hydrogens is 175 g/mol. The summed E-state index contributed by atoms with van der Waals surface area (Å²) in [5, 5.41) is 2.43. The van der Waals surface area contributed by atoms with Gasteiger partial charge in [0.2, 0.25) is 0 Å². The molecule has 0 unspecified atom stereocenters. The van der Waals surface area contributed by atoms with Crippen molar-refractivity contribution in [1.82, 2.24) is 5.48 Å². The maximum absolute atomic E-state index is 12.4. The molecule has 1 aromatic carbocycles. The molecule has 0 fully saturated rings. The van der Waals surface area contributed by atoms with Crippen molar-refractivity contribution in [3.8, 4) is 0 Å². The highest BCUT2D eigenvalue weighted by Crippen LogP contribution is 2.07. The van der Waals surface area contributed by atoms with E-state index in [-0.39, 0.29) is 5.82 Å². The molecule has 70 valence electrons. The smallest absolute Gasteiger partial charge is 0.306 e. The Morgan fingerprint density at radius 3 is 2.54 bits per heavy atom. The van der Waals surface area contributed by atoms with Gasteiger partial charge in [-0.1, -0.05) is 0 Å². The van der Waals surface area contributed by atoms with Crippen LogP contribution in [0.4, 0.5) is 14.9 Å². The zero-order valence-electron chi connectivity index (χ0n) is 7.00. The van der Waals surface area contributed by atoms with Crippen LogP contribution in [0.15, 0.2) is 24.3 Å². The fourth-order valence-corrected chi connectivity index (χ4v) is 0.783. The Morgan fingerprint density at radius 1 is 1.38 bits per heavy atom. The lowest BCUT2D eigenvalue weighted by atomic mass is 10.3. The van der Waals surface area contributed by atoms with E-state index in [1.54, 1.807) is 0 Å². The van der Waals surface area contributed by atoms with E-state index >= 15 is 0 Å². The summed E-state index contributed by atoms with van der Waals surface area (Å²) in [5.41, 5.74) is 2.56. The van der Waals surface area contributed by atoms with E-state index in [1.807, 2.05) is 0 Å². The van der Waals surface area contributed by atoms with Crippen molar-refractivity contribution in [3.63, 3.8) is 0 Å². The molecule has 0 radical (unpaired) electrons. The van der Waals surface area contributed by atoms with Gasteiger partial charge in [0.05, 0.1) is 7.11 Å². The molecule has 0 heterocycles. The molecule has 0 saturated carbocycles. The fraction of sp³-hybridized carbons (Fsp3) is 0.125. The molecule has 13 heavy (non-hydrogen) atoms. The number of hydrogen-bond acceptors (Lipinski definition) is 2. The van der Waals surface area contributed by atoms with E-state index in [4.69, 9.17) is 0 Å². The topological polar surface area (TPSA) is 50.4 Å². The molecule has 2 N–H and O–H groups in total. The van der Waals surface area contributed by atoms with E-state index in [2.05, 4.69) is 15.6 Å². The number of hydroxylamine groups is 1. The van der Waals surface area contributed by atoms with Gasteiger partial charge in [-0.15, -0.1) is 0 Å². The van der Waals surface area contributed by atoms with Crippen LogP contribution in [0.2, 0.25) is 0 Å². The van der Waals surface area contributed by atoms with Crippen LogP contribution in [0.25, 0.3) is 0 Å². The number of carbonyl (C=O) groups excluding carboxylic acids is 1. The van der Waals surface area contributed by atoms with Gasteiger partial charge in [-0.3, -0.25) is 4.84 Å². The molecule has 1 rings (SSSR count). The third kappa shape index (κ3) is 3.08. The molecular formula is C8H9FN2O2. The standard InChI is InChI=1S/C8H9FN2O2/c1-13-11-8(12)10-7-4-2-6(9)3-5-7/h2-5H,1H3,(H2,10,11,12). The minimum absolute atomic E-state index is 0.349. The second-order valence-corrected chi connectivity index (χ2v) is 2.27. The Hall–Kier alpha value is -1.62. The molecule has 1 aromatic rings. The Morgan fingerprint density at radius 2 is 2.00 bits per heavy atom. The highest BCUT2D eigenvalue weighted by molar-refractivity contribution is 5.88. The molecule has 0 saturated heterocycles. The number of anilines is 1. The number of hydrogen-bond donors (Lipinski definition) is 2. The summed E-state index contributed by atoms with van der Waals surface area (Å²) in [4.78, 5) is 15.2. The van der Waals surface area contributed by atoms with Crippen LogP contribution in [0.3, 0.4) is 0 Å². The van der Waals surface area contributed by atoms with Gasteiger partial charge in [0.25, 0.3) is 0 Å². The summed E-state index contributed by atoms with van der Waals surface area (Å²) < 4.78 is 12.4. The van der Waals surface area contributed by atoms with Crippen LogP contribution in [0.5, 0.6) is 0 Å². The normalized spacial score (nSPS) is 9.38. The first-order valence-corrected chi connectivity index (χ1v) is 3.58. The number of rotatable bonds is 2. The van der Waals surface area contributed by atoms with Crippen LogP contribution < -0.4 is 10.8 Å². The quantitative estimate of drug-likeness (QED) is 0.684. The summed E-state index contributed by atoms with van der Waals surface area (Å²) in [7, 11) is 1.32. The molecule has 0 bridgehead atoms. The summed E-state index contributed by atoms with van der Waals surface area (Å²) in [5.74, 6) is -0.349. The number of carbonyl (C=O) groups is 1. The van der Waals surface area contributed by atoms with Crippen molar-refractivity contribution in [1.29, 1.82) is 0 Å². The minimum Gasteiger partial charge on any atom is -0.306 e. The summed E-state index contributed by atoms with van der Waals surface area (Å²) in [6.45, 7) is 0. The van der Waals surface area contributed by atoms with E-state index < -0.39 is 6.03 Å². The van der Waals surface area contributed by atoms with Gasteiger partial charge in [-0.25, -0.2) is 14.7 Å². The lowest BCUT2D eigenvalue weighted by Gasteiger charge is -2.04. The van der Waals surface area contributed by atoms with Crippen LogP contribution in [0.1, 0.15) is 0 Å². The van der Waals surface area contributed by atoms with Gasteiger partial charge in [-0.2, -0.15) is 0 Å². The molecule has 0 aromatic heterocycles. The third-order valence-corrected chi connectivity index (χ3v) is 1.30. The fourth-order valence-electron chi connectivity index (χ4n) is 0.783. The number of nitrogens with one attached hydrogen (secondary N) is 2. The molecule has 0 atom stereocenters. The molecule has 0 aliphatic carbocycles. The van der Waals surface area contributed by atoms with Crippen LogP contribution in [-0.4, -0.2) is 13.1 Å². The van der Waals surface area contributed by atoms with Crippen LogP contribution >= 0.6 is 0 Å². The zero-order valence-corrected chi connectivity index (χ0v) is 7.00. The average molecular weight is 184 g/mol. The zero-order chi connectivity index (χ0) is 9.68. The SMILES string of the molecule is CONC(=O)Nc1ccc(F)cc1. The van der Waals surface area contributed by atoms with Crippen molar-refractivity contribution in [2.45, 2.75) is 0 Å². The molecule has 0 aliphatic heterocycles. The minimum atomic E-state index is -0.505. The van der Waals surface area contributed by atoms with Crippen molar-refractivity contribution in [2.24, 2.45) is 0 Å². The van der Waals surface area contributed by atoms with Crippen molar-refractivity contribution in [2.75, 3.05) is 12.4 Å². The molecule has 0 spiro atoms. The van der Waals surface area contributed by atoms with E-state index in [1.165, 1.54) is 31.4 Å². The predicted molar refractivity (Wildman–Crippen MR) is 45.6 cm³/mol. The Kier molecular flexibility index (Phi) is 3.22. The lowest BCUT2D eigenvalue weighted by Crippen LogP contribution is -2.27. The van der Waals surface area contributed by atoms with Crippen LogP contribution in [0, 0.1) is 5.82 Å². The number of amides is 2. The first-order chi connectivity index (χ1) is 6.22. The monoisotopic (exact) mass is 184 g/mol. The number of halogens is 1. The van der Waals surface area contributed by atoms with Crippen molar-refractivity contribution in [3.05, 3.63) is 30.1 Å². The lowest BCUT2D eigenvalue weighted by molar-refractivity contribution is 0.114. The van der Waals surface area contributed by atoms with Crippen molar-refractivity contribution >= 4 is 11.7 Å². The maximum Gasteiger partial charge on any atom is 0.343 e. The van der Waals surface area contributed by atoms with Gasteiger partial charge in [0.1, 0.15) is 5.82 Å². The summed E-state index contributed by atoms with van der Waals surface area (Å²) in [6, 6.07) is 4.90. The second-order valence-electron chi connectivity index (χ2n) is 2.27. The molecule has 5 heteroatoms. The van der Waals surface area contributed by atoms with E-state index in [9.17, 15) is 9.18 Å². The van der Waals surface area contributed by atoms with Gasteiger partial charge in [-0.05, 0) is 24.3 Å². The molecule has 4 nitrogen and oxygen atoms in total. The Bertz CT molecular complexity index is 287. The van der Waals surface area contributed by atoms with Gasteiger partial charge in [0.15, 0.2) is 0 Å².